The van der Waals surface area contributed by atoms with Gasteiger partial charge in [-0.1, -0.05) is 6.07 Å². The maximum absolute atomic E-state index is 13.2. The highest BCUT2D eigenvalue weighted by molar-refractivity contribution is 7.89. The Bertz CT molecular complexity index is 943. The smallest absolute Gasteiger partial charge is 0.349 e. The van der Waals surface area contributed by atoms with Crippen molar-refractivity contribution in [1.82, 2.24) is 4.31 Å². The molecule has 26 heavy (non-hydrogen) atoms. The number of thiophene rings is 2. The molecule has 138 valence electrons. The van der Waals surface area contributed by atoms with E-state index in [4.69, 9.17) is 9.15 Å². The second kappa shape index (κ2) is 8.17. The molecule has 0 fully saturated rings. The van der Waals surface area contributed by atoms with Crippen LogP contribution in [0.15, 0.2) is 56.9 Å². The molecule has 0 aliphatic carbocycles. The van der Waals surface area contributed by atoms with Crippen LogP contribution >= 0.6 is 22.7 Å². The Morgan fingerprint density at radius 1 is 1.23 bits per heavy atom. The lowest BCUT2D eigenvalue weighted by atomic mass is 10.3. The number of ether oxygens (including phenoxy) is 1. The van der Waals surface area contributed by atoms with Gasteiger partial charge in [0.05, 0.1) is 19.6 Å². The number of hydrogen-bond acceptors (Lipinski definition) is 7. The highest BCUT2D eigenvalue weighted by atomic mass is 32.2. The Balaban J connectivity index is 1.91. The van der Waals surface area contributed by atoms with Crippen molar-refractivity contribution in [2.24, 2.45) is 0 Å². The normalized spacial score (nSPS) is 11.8. The van der Waals surface area contributed by atoms with Gasteiger partial charge in [-0.2, -0.15) is 4.31 Å². The Labute approximate surface area is 159 Å². The summed E-state index contributed by atoms with van der Waals surface area (Å²) in [5.41, 5.74) is 0.745. The van der Waals surface area contributed by atoms with Crippen LogP contribution in [0.25, 0.3) is 0 Å². The fourth-order valence-corrected chi connectivity index (χ4v) is 5.88. The minimum atomic E-state index is -3.87. The van der Waals surface area contributed by atoms with Gasteiger partial charge in [0.2, 0.25) is 10.0 Å². The number of hydrogen-bond donors (Lipinski definition) is 0. The van der Waals surface area contributed by atoms with E-state index in [-0.39, 0.29) is 16.3 Å². The van der Waals surface area contributed by atoms with Gasteiger partial charge in [-0.3, -0.25) is 0 Å². The molecule has 3 rings (SSSR count). The molecule has 0 aromatic carbocycles. The molecular formula is C17H17NO5S3. The molecule has 3 aromatic heterocycles. The first-order valence-corrected chi connectivity index (χ1v) is 10.9. The molecule has 0 radical (unpaired) electrons. The van der Waals surface area contributed by atoms with Crippen molar-refractivity contribution in [3.05, 3.63) is 62.9 Å². The van der Waals surface area contributed by atoms with Crippen molar-refractivity contribution in [2.45, 2.75) is 17.9 Å². The standard InChI is InChI=1S/C17H17NO5S3/c1-22-17(19)16-15(6-10-25-16)26(20,21)18(11-13-5-8-23-12-13)7-4-14-3-2-9-24-14/h2-3,5-6,8-10,12H,4,7,11H2,1H3. The molecule has 0 aliphatic heterocycles. The fourth-order valence-electron chi connectivity index (χ4n) is 2.44. The van der Waals surface area contributed by atoms with Gasteiger partial charge in [0.25, 0.3) is 0 Å². The Morgan fingerprint density at radius 2 is 2.08 bits per heavy atom. The number of carbonyl (C=O) groups excluding carboxylic acids is 1. The van der Waals surface area contributed by atoms with Crippen molar-refractivity contribution in [2.75, 3.05) is 13.7 Å². The van der Waals surface area contributed by atoms with Crippen molar-refractivity contribution in [3.8, 4) is 0 Å². The molecule has 0 amide bonds. The third-order valence-corrected chi connectivity index (χ3v) is 7.59. The molecule has 0 unspecified atom stereocenters. The molecule has 0 atom stereocenters. The van der Waals surface area contributed by atoms with Gasteiger partial charge >= 0.3 is 5.97 Å². The number of sulfonamides is 1. The summed E-state index contributed by atoms with van der Waals surface area (Å²) in [6, 6.07) is 7.07. The summed E-state index contributed by atoms with van der Waals surface area (Å²) in [6.45, 7) is 0.463. The molecular weight excluding hydrogens is 394 g/mol. The zero-order valence-corrected chi connectivity index (χ0v) is 16.4. The van der Waals surface area contributed by atoms with Gasteiger partial charge in [-0.05, 0) is 35.4 Å². The summed E-state index contributed by atoms with van der Waals surface area (Å²) in [4.78, 5) is 13.1. The molecule has 0 aliphatic rings. The van der Waals surface area contributed by atoms with Gasteiger partial charge in [-0.25, -0.2) is 13.2 Å². The van der Waals surface area contributed by atoms with Crippen LogP contribution in [0.2, 0.25) is 0 Å². The highest BCUT2D eigenvalue weighted by Crippen LogP contribution is 2.27. The zero-order valence-electron chi connectivity index (χ0n) is 14.0. The molecule has 0 bridgehead atoms. The predicted molar refractivity (Wildman–Crippen MR) is 100.0 cm³/mol. The van der Waals surface area contributed by atoms with E-state index in [0.717, 1.165) is 21.8 Å². The lowest BCUT2D eigenvalue weighted by Crippen LogP contribution is -2.33. The molecule has 9 heteroatoms. The monoisotopic (exact) mass is 411 g/mol. The van der Waals surface area contributed by atoms with Crippen LogP contribution in [-0.2, 0) is 27.7 Å². The average Bonchev–Trinajstić information content (AvgIpc) is 3.39. The van der Waals surface area contributed by atoms with Crippen molar-refractivity contribution >= 4 is 38.7 Å². The molecule has 0 saturated carbocycles. The van der Waals surface area contributed by atoms with E-state index < -0.39 is 16.0 Å². The third-order valence-electron chi connectivity index (χ3n) is 3.74. The van der Waals surface area contributed by atoms with Crippen LogP contribution in [0.3, 0.4) is 0 Å². The first-order valence-electron chi connectivity index (χ1n) is 7.72. The van der Waals surface area contributed by atoms with Crippen LogP contribution in [-0.4, -0.2) is 32.3 Å². The summed E-state index contributed by atoms with van der Waals surface area (Å²) in [5.74, 6) is -0.653. The van der Waals surface area contributed by atoms with Crippen LogP contribution in [0.5, 0.6) is 0 Å². The summed E-state index contributed by atoms with van der Waals surface area (Å²) in [7, 11) is -2.63. The summed E-state index contributed by atoms with van der Waals surface area (Å²) in [6.07, 6.45) is 3.61. The van der Waals surface area contributed by atoms with Crippen LogP contribution in [0, 0.1) is 0 Å². The van der Waals surface area contributed by atoms with Crippen molar-refractivity contribution in [3.63, 3.8) is 0 Å². The van der Waals surface area contributed by atoms with E-state index in [9.17, 15) is 13.2 Å². The average molecular weight is 412 g/mol. The number of rotatable bonds is 8. The van der Waals surface area contributed by atoms with Gasteiger partial charge < -0.3 is 9.15 Å². The van der Waals surface area contributed by atoms with E-state index in [1.807, 2.05) is 17.5 Å². The second-order valence-electron chi connectivity index (χ2n) is 5.41. The Hall–Kier alpha value is -1.94. The minimum Gasteiger partial charge on any atom is -0.472 e. The van der Waals surface area contributed by atoms with Crippen LogP contribution in [0.4, 0.5) is 0 Å². The second-order valence-corrected chi connectivity index (χ2v) is 9.26. The van der Waals surface area contributed by atoms with E-state index in [2.05, 4.69) is 0 Å². The first-order chi connectivity index (χ1) is 12.5. The largest absolute Gasteiger partial charge is 0.472 e. The SMILES string of the molecule is COC(=O)c1sccc1S(=O)(=O)N(CCc1cccs1)Cc1ccoc1. The van der Waals surface area contributed by atoms with Crippen molar-refractivity contribution < 1.29 is 22.4 Å². The number of carbonyl (C=O) groups is 1. The van der Waals surface area contributed by atoms with E-state index >= 15 is 0 Å². The Kier molecular flexibility index (Phi) is 5.92. The predicted octanol–water partition coefficient (Wildman–Crippen LogP) is 3.62. The summed E-state index contributed by atoms with van der Waals surface area (Å²) < 4.78 is 37.6. The number of furan rings is 1. The first kappa shape index (κ1) is 18.8. The van der Waals surface area contributed by atoms with Gasteiger partial charge in [0, 0.05) is 23.5 Å². The molecule has 0 saturated heterocycles. The lowest BCUT2D eigenvalue weighted by Gasteiger charge is -2.21. The highest BCUT2D eigenvalue weighted by Gasteiger charge is 2.30. The van der Waals surface area contributed by atoms with Crippen LogP contribution in [0.1, 0.15) is 20.1 Å². The Morgan fingerprint density at radius 3 is 2.73 bits per heavy atom. The molecule has 0 N–H and O–H groups in total. The van der Waals surface area contributed by atoms with E-state index in [0.29, 0.717) is 13.0 Å². The summed E-state index contributed by atoms with van der Waals surface area (Å²) in [5, 5.41) is 3.53. The van der Waals surface area contributed by atoms with Gasteiger partial charge in [0.1, 0.15) is 9.77 Å². The van der Waals surface area contributed by atoms with E-state index in [1.54, 1.807) is 22.8 Å². The van der Waals surface area contributed by atoms with Crippen LogP contribution < -0.4 is 0 Å². The van der Waals surface area contributed by atoms with Gasteiger partial charge in [-0.15, -0.1) is 22.7 Å². The number of esters is 1. The van der Waals surface area contributed by atoms with Crippen molar-refractivity contribution in [1.29, 1.82) is 0 Å². The molecule has 3 heterocycles. The van der Waals surface area contributed by atoms with E-state index in [1.165, 1.54) is 30.0 Å². The maximum Gasteiger partial charge on any atom is 0.349 e. The quantitative estimate of drug-likeness (QED) is 0.529. The topological polar surface area (TPSA) is 76.8 Å². The maximum atomic E-state index is 13.2. The number of nitrogens with zero attached hydrogens (tertiary/aromatic N) is 1. The van der Waals surface area contributed by atoms with Gasteiger partial charge in [0.15, 0.2) is 0 Å². The minimum absolute atomic E-state index is 0.0241. The fraction of sp³-hybridized carbons (Fsp3) is 0.235. The lowest BCUT2D eigenvalue weighted by molar-refractivity contribution is 0.0602. The molecule has 3 aromatic rings. The molecule has 0 spiro atoms. The third kappa shape index (κ3) is 4.07. The molecule has 6 nitrogen and oxygen atoms in total. The zero-order chi connectivity index (χ0) is 18.6. The summed E-state index contributed by atoms with van der Waals surface area (Å²) >= 11 is 2.63. The number of methoxy groups -OCH3 is 1.